The van der Waals surface area contributed by atoms with Crippen LogP contribution in [0.15, 0.2) is 79.0 Å². The van der Waals surface area contributed by atoms with E-state index < -0.39 is 0 Å². The highest BCUT2D eigenvalue weighted by Crippen LogP contribution is 2.28. The fourth-order valence-corrected chi connectivity index (χ4v) is 3.30. The molecular weight excluding hydrogens is 292 g/mol. The van der Waals surface area contributed by atoms with Gasteiger partial charge in [-0.05, 0) is 36.8 Å². The lowest BCUT2D eigenvalue weighted by Crippen LogP contribution is -2.32. The Kier molecular flexibility index (Phi) is 3.58. The summed E-state index contributed by atoms with van der Waals surface area (Å²) in [6, 6.07) is 25.4. The van der Waals surface area contributed by atoms with Gasteiger partial charge in [-0.3, -0.25) is 4.98 Å². The number of aromatic nitrogens is 2. The quantitative estimate of drug-likeness (QED) is 0.490. The van der Waals surface area contributed by atoms with E-state index in [-0.39, 0.29) is 0 Å². The zero-order valence-electron chi connectivity index (χ0n) is 13.9. The molecule has 0 unspecified atom stereocenters. The van der Waals surface area contributed by atoms with Crippen LogP contribution in [0, 0.1) is 6.92 Å². The van der Waals surface area contributed by atoms with Crippen LogP contribution < -0.4 is 4.57 Å². The van der Waals surface area contributed by atoms with Gasteiger partial charge in [0.05, 0.1) is 11.1 Å². The van der Waals surface area contributed by atoms with E-state index >= 15 is 0 Å². The van der Waals surface area contributed by atoms with Crippen molar-refractivity contribution >= 4 is 10.9 Å². The Morgan fingerprint density at radius 2 is 1.54 bits per heavy atom. The summed E-state index contributed by atoms with van der Waals surface area (Å²) in [6.45, 7) is 2.16. The molecule has 4 aromatic rings. The van der Waals surface area contributed by atoms with Crippen molar-refractivity contribution in [1.82, 2.24) is 4.98 Å². The Bertz CT molecular complexity index is 1020. The van der Waals surface area contributed by atoms with Gasteiger partial charge in [0.1, 0.15) is 7.05 Å². The van der Waals surface area contributed by atoms with Crippen LogP contribution in [-0.2, 0) is 7.05 Å². The van der Waals surface area contributed by atoms with Gasteiger partial charge >= 0.3 is 0 Å². The van der Waals surface area contributed by atoms with Gasteiger partial charge in [-0.1, -0.05) is 36.4 Å². The van der Waals surface area contributed by atoms with E-state index in [2.05, 4.69) is 84.2 Å². The summed E-state index contributed by atoms with van der Waals surface area (Å²) in [5.41, 5.74) is 7.16. The molecule has 0 saturated carbocycles. The minimum Gasteiger partial charge on any atom is -0.256 e. The molecule has 2 heterocycles. The van der Waals surface area contributed by atoms with Crippen molar-refractivity contribution in [3.63, 3.8) is 0 Å². The van der Waals surface area contributed by atoms with Crippen LogP contribution in [0.4, 0.5) is 0 Å². The standard InChI is InChI=1S/C22H19N2/c1-16-8-3-4-9-17(16)22-14-13-19-18(20-11-5-6-15-23-20)10-7-12-21(19)24(22)2/h3-15H,1-2H3/q+1. The average molecular weight is 311 g/mol. The number of nitrogens with zero attached hydrogens (tertiary/aromatic N) is 2. The minimum atomic E-state index is 1.01. The number of fused-ring (bicyclic) bond motifs is 1. The number of pyridine rings is 2. The van der Waals surface area contributed by atoms with Crippen molar-refractivity contribution < 1.29 is 4.57 Å². The predicted molar refractivity (Wildman–Crippen MR) is 98.5 cm³/mol. The van der Waals surface area contributed by atoms with E-state index in [0.717, 1.165) is 5.69 Å². The molecule has 0 N–H and O–H groups in total. The van der Waals surface area contributed by atoms with Crippen LogP contribution >= 0.6 is 0 Å². The Labute approximate surface area is 142 Å². The second-order valence-electron chi connectivity index (χ2n) is 6.05. The van der Waals surface area contributed by atoms with Crippen molar-refractivity contribution in [2.24, 2.45) is 7.05 Å². The Balaban J connectivity index is 1.97. The maximum Gasteiger partial charge on any atom is 0.213 e. The fourth-order valence-electron chi connectivity index (χ4n) is 3.30. The van der Waals surface area contributed by atoms with Gasteiger partial charge in [0.15, 0.2) is 0 Å². The number of aryl methyl sites for hydroxylation is 2. The molecule has 2 nitrogen and oxygen atoms in total. The van der Waals surface area contributed by atoms with Crippen molar-refractivity contribution in [3.8, 4) is 22.5 Å². The van der Waals surface area contributed by atoms with Gasteiger partial charge in [0.25, 0.3) is 0 Å². The minimum absolute atomic E-state index is 1.01. The Hall–Kier alpha value is -3.00. The molecule has 0 aliphatic rings. The highest BCUT2D eigenvalue weighted by molar-refractivity contribution is 5.92. The first-order valence-electron chi connectivity index (χ1n) is 8.15. The van der Waals surface area contributed by atoms with Gasteiger partial charge in [-0.25, -0.2) is 0 Å². The van der Waals surface area contributed by atoms with Crippen LogP contribution in [0.5, 0.6) is 0 Å². The molecule has 0 bridgehead atoms. The smallest absolute Gasteiger partial charge is 0.213 e. The lowest BCUT2D eigenvalue weighted by Gasteiger charge is -2.09. The van der Waals surface area contributed by atoms with Crippen molar-refractivity contribution in [2.45, 2.75) is 6.92 Å². The van der Waals surface area contributed by atoms with Gasteiger partial charge in [-0.2, -0.15) is 4.57 Å². The molecule has 0 aliphatic carbocycles. The first-order chi connectivity index (χ1) is 11.8. The zero-order chi connectivity index (χ0) is 16.5. The summed E-state index contributed by atoms with van der Waals surface area (Å²) in [4.78, 5) is 4.51. The molecular formula is C22H19N2+. The van der Waals surface area contributed by atoms with Crippen molar-refractivity contribution in [1.29, 1.82) is 0 Å². The lowest BCUT2D eigenvalue weighted by molar-refractivity contribution is -0.633. The van der Waals surface area contributed by atoms with E-state index in [0.29, 0.717) is 0 Å². The third kappa shape index (κ3) is 2.37. The van der Waals surface area contributed by atoms with Crippen LogP contribution in [0.2, 0.25) is 0 Å². The molecule has 0 spiro atoms. The average Bonchev–Trinajstić information content (AvgIpc) is 2.63. The summed E-state index contributed by atoms with van der Waals surface area (Å²) in [7, 11) is 2.13. The topological polar surface area (TPSA) is 16.8 Å². The Morgan fingerprint density at radius 1 is 0.750 bits per heavy atom. The van der Waals surface area contributed by atoms with E-state index in [9.17, 15) is 0 Å². The SMILES string of the molecule is Cc1ccccc1-c1ccc2c(-c3ccccn3)cccc2[n+]1C. The van der Waals surface area contributed by atoms with Crippen molar-refractivity contribution in [3.05, 3.63) is 84.6 Å². The normalized spacial score (nSPS) is 10.9. The molecule has 0 fully saturated rings. The maximum atomic E-state index is 4.51. The summed E-state index contributed by atoms with van der Waals surface area (Å²) in [6.07, 6.45) is 1.84. The largest absolute Gasteiger partial charge is 0.256 e. The van der Waals surface area contributed by atoms with Gasteiger partial charge in [-0.15, -0.1) is 0 Å². The summed E-state index contributed by atoms with van der Waals surface area (Å²) >= 11 is 0. The van der Waals surface area contributed by atoms with Gasteiger partial charge in [0, 0.05) is 29.5 Å². The summed E-state index contributed by atoms with van der Waals surface area (Å²) in [5.74, 6) is 0. The fraction of sp³-hybridized carbons (Fsp3) is 0.0909. The molecule has 0 radical (unpaired) electrons. The first-order valence-corrected chi connectivity index (χ1v) is 8.15. The van der Waals surface area contributed by atoms with Gasteiger partial charge in [0.2, 0.25) is 11.2 Å². The number of hydrogen-bond acceptors (Lipinski definition) is 1. The molecule has 2 aromatic carbocycles. The zero-order valence-corrected chi connectivity index (χ0v) is 13.9. The molecule has 0 amide bonds. The molecule has 0 aliphatic heterocycles. The van der Waals surface area contributed by atoms with Crippen LogP contribution in [-0.4, -0.2) is 4.98 Å². The van der Waals surface area contributed by atoms with E-state index in [1.165, 1.54) is 33.3 Å². The monoisotopic (exact) mass is 311 g/mol. The highest BCUT2D eigenvalue weighted by Gasteiger charge is 2.17. The van der Waals surface area contributed by atoms with Crippen LogP contribution in [0.25, 0.3) is 33.4 Å². The van der Waals surface area contributed by atoms with Gasteiger partial charge < -0.3 is 0 Å². The molecule has 0 atom stereocenters. The number of benzene rings is 2. The molecule has 24 heavy (non-hydrogen) atoms. The number of rotatable bonds is 2. The molecule has 2 heteroatoms. The van der Waals surface area contributed by atoms with E-state index in [4.69, 9.17) is 0 Å². The first kappa shape index (κ1) is 14.6. The highest BCUT2D eigenvalue weighted by atomic mass is 14.9. The molecule has 2 aromatic heterocycles. The predicted octanol–water partition coefficient (Wildman–Crippen LogP) is 4.70. The van der Waals surface area contributed by atoms with E-state index in [1.807, 2.05) is 18.3 Å². The second kappa shape index (κ2) is 5.89. The summed E-state index contributed by atoms with van der Waals surface area (Å²) in [5, 5.41) is 1.22. The lowest BCUT2D eigenvalue weighted by atomic mass is 10.0. The summed E-state index contributed by atoms with van der Waals surface area (Å²) < 4.78 is 2.27. The molecule has 4 rings (SSSR count). The van der Waals surface area contributed by atoms with Crippen LogP contribution in [0.1, 0.15) is 5.56 Å². The third-order valence-electron chi connectivity index (χ3n) is 4.58. The third-order valence-corrected chi connectivity index (χ3v) is 4.58. The number of hydrogen-bond donors (Lipinski definition) is 0. The maximum absolute atomic E-state index is 4.51. The van der Waals surface area contributed by atoms with Crippen molar-refractivity contribution in [2.75, 3.05) is 0 Å². The Morgan fingerprint density at radius 3 is 2.33 bits per heavy atom. The molecule has 0 saturated heterocycles. The second-order valence-corrected chi connectivity index (χ2v) is 6.05. The van der Waals surface area contributed by atoms with Crippen LogP contribution in [0.3, 0.4) is 0 Å². The molecule has 116 valence electrons. The van der Waals surface area contributed by atoms with E-state index in [1.54, 1.807) is 0 Å².